The van der Waals surface area contributed by atoms with E-state index in [0.717, 1.165) is 12.8 Å². The largest absolute Gasteiger partial charge is 0.509 e. The highest BCUT2D eigenvalue weighted by atomic mass is 16.7. The maximum absolute atomic E-state index is 12.6. The van der Waals surface area contributed by atoms with Gasteiger partial charge in [0.25, 0.3) is 0 Å². The van der Waals surface area contributed by atoms with Crippen LogP contribution in [0.5, 0.6) is 11.5 Å². The Kier molecular flexibility index (Phi) is 14.5. The summed E-state index contributed by atoms with van der Waals surface area (Å²) in [6, 6.07) is 3.63. The van der Waals surface area contributed by atoms with Crippen molar-refractivity contribution in [1.29, 1.82) is 0 Å². The van der Waals surface area contributed by atoms with E-state index in [1.165, 1.54) is 12.1 Å². The molecule has 0 aliphatic heterocycles. The number of hydrogen-bond acceptors (Lipinski definition) is 10. The summed E-state index contributed by atoms with van der Waals surface area (Å²) in [5.41, 5.74) is 5.99. The molecule has 0 bridgehead atoms. The lowest BCUT2D eigenvalue weighted by atomic mass is 10.1. The van der Waals surface area contributed by atoms with Crippen LogP contribution in [-0.4, -0.2) is 47.9 Å². The SMILES string of the molecule is CCCCC(=O)Oc1ccc(C[C@H](N)C(=O)O[C@@H](C)C(C)OC(=O)OC(C)(C)CC)cc1OC(=O)CCCC. The Bertz CT molecular complexity index is 960. The molecule has 0 heterocycles. The van der Waals surface area contributed by atoms with E-state index in [-0.39, 0.29) is 30.8 Å². The van der Waals surface area contributed by atoms with Crippen molar-refractivity contribution in [3.8, 4) is 11.5 Å². The highest BCUT2D eigenvalue weighted by Gasteiger charge is 2.28. The third-order valence-electron chi connectivity index (χ3n) is 6.14. The molecule has 1 aromatic carbocycles. The van der Waals surface area contributed by atoms with Crippen LogP contribution in [0.1, 0.15) is 99.0 Å². The molecule has 0 aliphatic carbocycles. The van der Waals surface area contributed by atoms with Crippen molar-refractivity contribution in [3.05, 3.63) is 23.8 Å². The molecule has 0 fully saturated rings. The van der Waals surface area contributed by atoms with Gasteiger partial charge in [0.1, 0.15) is 23.9 Å². The zero-order chi connectivity index (χ0) is 29.6. The molecule has 0 aromatic heterocycles. The van der Waals surface area contributed by atoms with E-state index in [9.17, 15) is 19.2 Å². The molecular weight excluding hydrogens is 506 g/mol. The molecule has 0 saturated carbocycles. The van der Waals surface area contributed by atoms with Crippen LogP contribution in [0, 0.1) is 0 Å². The molecule has 0 radical (unpaired) electrons. The Hall–Kier alpha value is -3.14. The van der Waals surface area contributed by atoms with Crippen LogP contribution in [0.3, 0.4) is 0 Å². The minimum absolute atomic E-state index is 0.0666. The van der Waals surface area contributed by atoms with Gasteiger partial charge < -0.3 is 29.4 Å². The average Bonchev–Trinajstić information content (AvgIpc) is 2.87. The highest BCUT2D eigenvalue weighted by Crippen LogP contribution is 2.30. The highest BCUT2D eigenvalue weighted by molar-refractivity contribution is 5.77. The summed E-state index contributed by atoms with van der Waals surface area (Å²) in [7, 11) is 0. The van der Waals surface area contributed by atoms with Crippen molar-refractivity contribution in [2.45, 2.75) is 124 Å². The minimum atomic E-state index is -1.05. The van der Waals surface area contributed by atoms with E-state index < -0.39 is 47.9 Å². The van der Waals surface area contributed by atoms with E-state index in [2.05, 4.69) is 0 Å². The third kappa shape index (κ3) is 13.0. The van der Waals surface area contributed by atoms with Gasteiger partial charge in [-0.15, -0.1) is 0 Å². The third-order valence-corrected chi connectivity index (χ3v) is 6.14. The molecule has 220 valence electrons. The minimum Gasteiger partial charge on any atom is -0.458 e. The second kappa shape index (κ2) is 16.7. The quantitative estimate of drug-likeness (QED) is 0.209. The summed E-state index contributed by atoms with van der Waals surface area (Å²) in [4.78, 5) is 49.1. The second-order valence-corrected chi connectivity index (χ2v) is 10.2. The first kappa shape index (κ1) is 33.9. The molecule has 1 aromatic rings. The fraction of sp³-hybridized carbons (Fsp3) is 0.655. The van der Waals surface area contributed by atoms with Crippen molar-refractivity contribution in [1.82, 2.24) is 0 Å². The summed E-state index contributed by atoms with van der Waals surface area (Å²) < 4.78 is 26.8. The topological polar surface area (TPSA) is 140 Å². The van der Waals surface area contributed by atoms with Crippen molar-refractivity contribution < 1.29 is 42.9 Å². The van der Waals surface area contributed by atoms with Crippen molar-refractivity contribution >= 4 is 24.1 Å². The maximum Gasteiger partial charge on any atom is 0.509 e. The molecule has 10 heteroatoms. The fourth-order valence-corrected chi connectivity index (χ4v) is 3.11. The number of rotatable bonds is 16. The molecule has 0 saturated heterocycles. The Morgan fingerprint density at radius 2 is 1.38 bits per heavy atom. The molecule has 3 atom stereocenters. The lowest BCUT2D eigenvalue weighted by Gasteiger charge is -2.26. The molecule has 1 unspecified atom stereocenters. The molecule has 0 spiro atoms. The number of ether oxygens (including phenoxy) is 5. The zero-order valence-electron chi connectivity index (χ0n) is 24.4. The van der Waals surface area contributed by atoms with Crippen LogP contribution in [0.4, 0.5) is 4.79 Å². The summed E-state index contributed by atoms with van der Waals surface area (Å²) >= 11 is 0. The number of esters is 3. The zero-order valence-corrected chi connectivity index (χ0v) is 24.4. The lowest BCUT2D eigenvalue weighted by Crippen LogP contribution is -2.40. The Labute approximate surface area is 231 Å². The molecule has 39 heavy (non-hydrogen) atoms. The number of nitrogens with two attached hydrogens (primary N) is 1. The molecule has 10 nitrogen and oxygen atoms in total. The Morgan fingerprint density at radius 1 is 0.846 bits per heavy atom. The van der Waals surface area contributed by atoms with Crippen LogP contribution in [0.25, 0.3) is 0 Å². The van der Waals surface area contributed by atoms with Gasteiger partial charge in [0, 0.05) is 12.8 Å². The first-order chi connectivity index (χ1) is 18.3. The standard InChI is InChI=1S/C29H45NO9/c1-8-11-13-25(31)37-23-16-15-21(18-24(23)38-26(32)14-12-9-2)17-22(30)27(33)35-19(4)20(5)36-28(34)39-29(6,7)10-3/h15-16,18-20,22H,8-14,17,30H2,1-7H3/t19-,20?,22-/m0/s1. The number of hydrogen-bond donors (Lipinski definition) is 1. The summed E-state index contributed by atoms with van der Waals surface area (Å²) in [5.74, 6) is -1.37. The van der Waals surface area contributed by atoms with Crippen LogP contribution < -0.4 is 15.2 Å². The predicted octanol–water partition coefficient (Wildman–Crippen LogP) is 5.41. The second-order valence-electron chi connectivity index (χ2n) is 10.2. The summed E-state index contributed by atoms with van der Waals surface area (Å²) in [6.45, 7) is 12.5. The van der Waals surface area contributed by atoms with Gasteiger partial charge in [-0.1, -0.05) is 39.7 Å². The Morgan fingerprint density at radius 3 is 1.92 bits per heavy atom. The van der Waals surface area contributed by atoms with Gasteiger partial charge in [0.2, 0.25) is 0 Å². The number of carbonyl (C=O) groups excluding carboxylic acids is 4. The monoisotopic (exact) mass is 551 g/mol. The van der Waals surface area contributed by atoms with Gasteiger partial charge in [0.15, 0.2) is 11.5 Å². The number of benzene rings is 1. The lowest BCUT2D eigenvalue weighted by molar-refractivity contribution is -0.156. The van der Waals surface area contributed by atoms with E-state index in [0.29, 0.717) is 24.8 Å². The van der Waals surface area contributed by atoms with Crippen molar-refractivity contribution in [2.24, 2.45) is 5.73 Å². The van der Waals surface area contributed by atoms with Crippen molar-refractivity contribution in [3.63, 3.8) is 0 Å². The maximum atomic E-state index is 12.6. The first-order valence-corrected chi connectivity index (χ1v) is 13.7. The molecule has 0 aliphatic rings. The number of unbranched alkanes of at least 4 members (excludes halogenated alkanes) is 2. The van der Waals surface area contributed by atoms with Crippen LogP contribution in [-0.2, 0) is 35.0 Å². The summed E-state index contributed by atoms with van der Waals surface area (Å²) in [6.07, 6.45) is 1.75. The fourth-order valence-electron chi connectivity index (χ4n) is 3.11. The smallest absolute Gasteiger partial charge is 0.458 e. The molecular formula is C29H45NO9. The molecule has 2 N–H and O–H groups in total. The first-order valence-electron chi connectivity index (χ1n) is 13.7. The van der Waals surface area contributed by atoms with Crippen LogP contribution >= 0.6 is 0 Å². The van der Waals surface area contributed by atoms with E-state index in [1.54, 1.807) is 33.8 Å². The van der Waals surface area contributed by atoms with Gasteiger partial charge in [-0.05, 0) is 71.1 Å². The van der Waals surface area contributed by atoms with Gasteiger partial charge >= 0.3 is 24.1 Å². The Balaban J connectivity index is 2.86. The van der Waals surface area contributed by atoms with E-state index >= 15 is 0 Å². The predicted molar refractivity (Wildman–Crippen MR) is 145 cm³/mol. The average molecular weight is 552 g/mol. The number of carbonyl (C=O) groups is 4. The normalized spacial score (nSPS) is 13.5. The summed E-state index contributed by atoms with van der Waals surface area (Å²) in [5, 5.41) is 0. The van der Waals surface area contributed by atoms with Gasteiger partial charge in [-0.25, -0.2) is 4.79 Å². The van der Waals surface area contributed by atoms with Gasteiger partial charge in [-0.2, -0.15) is 0 Å². The van der Waals surface area contributed by atoms with Crippen LogP contribution in [0.2, 0.25) is 0 Å². The molecule has 0 amide bonds. The van der Waals surface area contributed by atoms with Crippen molar-refractivity contribution in [2.75, 3.05) is 0 Å². The molecule has 1 rings (SSSR count). The van der Waals surface area contributed by atoms with E-state index in [4.69, 9.17) is 29.4 Å². The van der Waals surface area contributed by atoms with Crippen LogP contribution in [0.15, 0.2) is 18.2 Å². The van der Waals surface area contributed by atoms with E-state index in [1.807, 2.05) is 20.8 Å². The van der Waals surface area contributed by atoms with Gasteiger partial charge in [0.05, 0.1) is 0 Å². The van der Waals surface area contributed by atoms with Gasteiger partial charge in [-0.3, -0.25) is 14.4 Å².